The van der Waals surface area contributed by atoms with Gasteiger partial charge in [-0.3, -0.25) is 4.79 Å². The molecule has 0 atom stereocenters. The van der Waals surface area contributed by atoms with Crippen molar-refractivity contribution in [3.8, 4) is 5.88 Å². The number of nitrogens with zero attached hydrogens (tertiary/aromatic N) is 3. The summed E-state index contributed by atoms with van der Waals surface area (Å²) in [6, 6.07) is 13.4. The number of piperidine rings is 1. The van der Waals surface area contributed by atoms with Crippen molar-refractivity contribution in [2.45, 2.75) is 26.7 Å². The number of para-hydroxylation sites is 2. The van der Waals surface area contributed by atoms with Crippen LogP contribution in [0.2, 0.25) is 5.02 Å². The number of amides is 1. The van der Waals surface area contributed by atoms with Crippen molar-refractivity contribution in [1.29, 1.82) is 0 Å². The molecule has 1 fully saturated rings. The van der Waals surface area contributed by atoms with E-state index in [-0.39, 0.29) is 11.8 Å². The van der Waals surface area contributed by atoms with Crippen LogP contribution in [0, 0.1) is 12.8 Å². The molecular formula is C23H25ClN4O2. The minimum atomic E-state index is -0.0507. The Morgan fingerprint density at radius 1 is 1.17 bits per heavy atom. The van der Waals surface area contributed by atoms with E-state index >= 15 is 0 Å². The highest BCUT2D eigenvalue weighted by Crippen LogP contribution is 2.31. The van der Waals surface area contributed by atoms with Crippen LogP contribution in [0.3, 0.4) is 0 Å². The van der Waals surface area contributed by atoms with Crippen LogP contribution in [-0.2, 0) is 4.79 Å². The van der Waals surface area contributed by atoms with E-state index in [9.17, 15) is 4.79 Å². The van der Waals surface area contributed by atoms with E-state index in [4.69, 9.17) is 21.3 Å². The Hall–Kier alpha value is -2.86. The fourth-order valence-electron chi connectivity index (χ4n) is 3.68. The van der Waals surface area contributed by atoms with Crippen molar-refractivity contribution in [3.63, 3.8) is 0 Å². The maximum absolute atomic E-state index is 12.7. The van der Waals surface area contributed by atoms with Gasteiger partial charge in [-0.25, -0.2) is 9.97 Å². The Kier molecular flexibility index (Phi) is 6.04. The monoisotopic (exact) mass is 424 g/mol. The van der Waals surface area contributed by atoms with Crippen LogP contribution < -0.4 is 15.0 Å². The van der Waals surface area contributed by atoms with Gasteiger partial charge in [0.25, 0.3) is 5.88 Å². The second-order valence-electron chi connectivity index (χ2n) is 7.49. The molecule has 0 radical (unpaired) electrons. The van der Waals surface area contributed by atoms with Crippen molar-refractivity contribution in [3.05, 3.63) is 53.1 Å². The van der Waals surface area contributed by atoms with Crippen molar-refractivity contribution < 1.29 is 9.53 Å². The number of hydrogen-bond acceptors (Lipinski definition) is 5. The number of rotatable bonds is 5. The predicted molar refractivity (Wildman–Crippen MR) is 120 cm³/mol. The molecule has 7 heteroatoms. The number of carbonyl (C=O) groups excluding carboxylic acids is 1. The van der Waals surface area contributed by atoms with Crippen molar-refractivity contribution in [2.24, 2.45) is 5.92 Å². The third kappa shape index (κ3) is 4.33. The molecule has 0 aliphatic carbocycles. The van der Waals surface area contributed by atoms with Crippen LogP contribution in [0.15, 0.2) is 42.5 Å². The average Bonchev–Trinajstić information content (AvgIpc) is 2.76. The normalized spacial score (nSPS) is 14.7. The molecule has 0 bridgehead atoms. The lowest BCUT2D eigenvalue weighted by Crippen LogP contribution is -2.39. The summed E-state index contributed by atoms with van der Waals surface area (Å²) >= 11 is 6.17. The van der Waals surface area contributed by atoms with Gasteiger partial charge >= 0.3 is 0 Å². The molecule has 30 heavy (non-hydrogen) atoms. The van der Waals surface area contributed by atoms with E-state index in [2.05, 4.69) is 15.2 Å². The van der Waals surface area contributed by atoms with Crippen LogP contribution in [-0.4, -0.2) is 35.6 Å². The largest absolute Gasteiger partial charge is 0.475 e. The van der Waals surface area contributed by atoms with E-state index in [1.807, 2.05) is 50.2 Å². The highest BCUT2D eigenvalue weighted by molar-refractivity contribution is 6.31. The Bertz CT molecular complexity index is 1060. The lowest BCUT2D eigenvalue weighted by Gasteiger charge is -2.32. The topological polar surface area (TPSA) is 67.4 Å². The molecule has 4 rings (SSSR count). The second kappa shape index (κ2) is 8.88. The average molecular weight is 425 g/mol. The molecule has 1 aromatic heterocycles. The number of ether oxygens (including phenoxy) is 1. The lowest BCUT2D eigenvalue weighted by atomic mass is 9.95. The molecule has 1 saturated heterocycles. The highest BCUT2D eigenvalue weighted by atomic mass is 35.5. The Labute approximate surface area is 181 Å². The van der Waals surface area contributed by atoms with Crippen LogP contribution in [0.25, 0.3) is 11.0 Å². The zero-order valence-corrected chi connectivity index (χ0v) is 17.9. The third-order valence-electron chi connectivity index (χ3n) is 5.41. The number of fused-ring (bicyclic) bond motifs is 1. The predicted octanol–water partition coefficient (Wildman–Crippen LogP) is 4.85. The van der Waals surface area contributed by atoms with Crippen molar-refractivity contribution >= 4 is 40.0 Å². The van der Waals surface area contributed by atoms with E-state index in [0.717, 1.165) is 54.0 Å². The molecule has 3 aromatic rings. The van der Waals surface area contributed by atoms with Gasteiger partial charge in [0.15, 0.2) is 5.82 Å². The summed E-state index contributed by atoms with van der Waals surface area (Å²) in [4.78, 5) is 24.3. The molecular weight excluding hydrogens is 400 g/mol. The van der Waals surface area contributed by atoms with Crippen LogP contribution in [0.4, 0.5) is 11.5 Å². The minimum absolute atomic E-state index is 0.0317. The molecule has 0 saturated carbocycles. The van der Waals surface area contributed by atoms with Gasteiger partial charge in [0.05, 0.1) is 17.6 Å². The third-order valence-corrected chi connectivity index (χ3v) is 5.81. The van der Waals surface area contributed by atoms with Crippen LogP contribution >= 0.6 is 11.6 Å². The summed E-state index contributed by atoms with van der Waals surface area (Å²) in [5.41, 5.74) is 3.38. The smallest absolute Gasteiger partial charge is 0.258 e. The molecule has 1 N–H and O–H groups in total. The standard InChI is InChI=1S/C23H25ClN4O2/c1-3-30-23-21(26-19-6-4-5-7-20(19)27-23)28-12-10-16(11-13-28)22(29)25-17-9-8-15(2)18(24)14-17/h4-9,14,16H,3,10-13H2,1-2H3,(H,25,29). The van der Waals surface area contributed by atoms with Gasteiger partial charge in [-0.05, 0) is 56.5 Å². The Balaban J connectivity index is 1.45. The van der Waals surface area contributed by atoms with Crippen molar-refractivity contribution in [1.82, 2.24) is 9.97 Å². The fraction of sp³-hybridized carbons (Fsp3) is 0.348. The van der Waals surface area contributed by atoms with Gasteiger partial charge in [-0.1, -0.05) is 29.8 Å². The molecule has 6 nitrogen and oxygen atoms in total. The summed E-state index contributed by atoms with van der Waals surface area (Å²) in [7, 11) is 0. The van der Waals surface area contributed by atoms with E-state index in [0.29, 0.717) is 17.5 Å². The number of anilines is 2. The maximum atomic E-state index is 12.7. The van der Waals surface area contributed by atoms with Gasteiger partial charge in [-0.2, -0.15) is 0 Å². The first kappa shape index (κ1) is 20.4. The summed E-state index contributed by atoms with van der Waals surface area (Å²) < 4.78 is 5.77. The molecule has 1 aliphatic rings. The number of nitrogens with one attached hydrogen (secondary N) is 1. The van der Waals surface area contributed by atoms with Gasteiger partial charge in [0.2, 0.25) is 5.91 Å². The molecule has 2 aromatic carbocycles. The van der Waals surface area contributed by atoms with E-state index in [1.54, 1.807) is 6.07 Å². The van der Waals surface area contributed by atoms with Gasteiger partial charge in [-0.15, -0.1) is 0 Å². The summed E-state index contributed by atoms with van der Waals surface area (Å²) in [5, 5.41) is 3.65. The number of carbonyl (C=O) groups is 1. The van der Waals surface area contributed by atoms with Crippen LogP contribution in [0.5, 0.6) is 5.88 Å². The number of aryl methyl sites for hydroxylation is 1. The van der Waals surface area contributed by atoms with Gasteiger partial charge in [0.1, 0.15) is 0 Å². The fourth-order valence-corrected chi connectivity index (χ4v) is 3.86. The molecule has 0 spiro atoms. The first-order valence-corrected chi connectivity index (χ1v) is 10.6. The summed E-state index contributed by atoms with van der Waals surface area (Å²) in [6.45, 7) is 5.85. The van der Waals surface area contributed by atoms with E-state index < -0.39 is 0 Å². The Morgan fingerprint density at radius 2 is 1.87 bits per heavy atom. The summed E-state index contributed by atoms with van der Waals surface area (Å²) in [6.07, 6.45) is 1.48. The zero-order valence-electron chi connectivity index (χ0n) is 17.2. The highest BCUT2D eigenvalue weighted by Gasteiger charge is 2.28. The SMILES string of the molecule is CCOc1nc2ccccc2nc1N1CCC(C(=O)Nc2ccc(C)c(Cl)c2)CC1. The number of benzene rings is 2. The second-order valence-corrected chi connectivity index (χ2v) is 7.90. The summed E-state index contributed by atoms with van der Waals surface area (Å²) in [5.74, 6) is 1.28. The maximum Gasteiger partial charge on any atom is 0.258 e. The quantitative estimate of drug-likeness (QED) is 0.634. The lowest BCUT2D eigenvalue weighted by molar-refractivity contribution is -0.120. The van der Waals surface area contributed by atoms with Gasteiger partial charge < -0.3 is 15.0 Å². The van der Waals surface area contributed by atoms with E-state index in [1.165, 1.54) is 0 Å². The minimum Gasteiger partial charge on any atom is -0.475 e. The van der Waals surface area contributed by atoms with Crippen LogP contribution in [0.1, 0.15) is 25.3 Å². The van der Waals surface area contributed by atoms with Gasteiger partial charge in [0, 0.05) is 29.7 Å². The number of hydrogen-bond donors (Lipinski definition) is 1. The molecule has 156 valence electrons. The molecule has 2 heterocycles. The molecule has 0 unspecified atom stereocenters. The molecule has 1 aliphatic heterocycles. The Morgan fingerprint density at radius 3 is 2.53 bits per heavy atom. The number of halogens is 1. The van der Waals surface area contributed by atoms with Crippen molar-refractivity contribution in [2.75, 3.05) is 29.9 Å². The molecule has 1 amide bonds. The first-order valence-electron chi connectivity index (χ1n) is 10.3. The zero-order chi connectivity index (χ0) is 21.1. The number of aromatic nitrogens is 2. The first-order chi connectivity index (χ1) is 14.5.